The van der Waals surface area contributed by atoms with Crippen LogP contribution in [0.1, 0.15) is 36.1 Å². The van der Waals surface area contributed by atoms with E-state index in [1.807, 2.05) is 38.1 Å². The number of aryl methyl sites for hydroxylation is 1. The molecule has 1 atom stereocenters. The molecule has 2 aromatic rings. The minimum atomic E-state index is -0.551. The monoisotopic (exact) mass is 353 g/mol. The van der Waals surface area contributed by atoms with Crippen molar-refractivity contribution in [3.63, 3.8) is 0 Å². The predicted molar refractivity (Wildman–Crippen MR) is 85.4 cm³/mol. The second-order valence-electron chi connectivity index (χ2n) is 5.06. The minimum absolute atomic E-state index is 0.0587. The van der Waals surface area contributed by atoms with Gasteiger partial charge in [0, 0.05) is 5.56 Å². The number of nitrogens with one attached hydrogen (secondary N) is 1. The first-order valence-electron chi connectivity index (χ1n) is 6.98. The highest BCUT2D eigenvalue weighted by molar-refractivity contribution is 9.10. The topological polar surface area (TPSA) is 12.0 Å². The molecule has 1 nitrogen and oxygen atoms in total. The van der Waals surface area contributed by atoms with Gasteiger partial charge in [0.15, 0.2) is 0 Å². The summed E-state index contributed by atoms with van der Waals surface area (Å²) in [6, 6.07) is 9.89. The Morgan fingerprint density at radius 3 is 2.62 bits per heavy atom. The summed E-state index contributed by atoms with van der Waals surface area (Å²) < 4.78 is 28.9. The fourth-order valence-corrected chi connectivity index (χ4v) is 2.68. The third-order valence-electron chi connectivity index (χ3n) is 3.34. The van der Waals surface area contributed by atoms with Gasteiger partial charge in [0.2, 0.25) is 0 Å². The first kappa shape index (κ1) is 16.1. The SMILES string of the molecule is CCCNC(c1cccc(C)c1)c1c(F)ccc(Br)c1F. The molecule has 0 amide bonds. The Labute approximate surface area is 132 Å². The van der Waals surface area contributed by atoms with E-state index in [1.165, 1.54) is 12.1 Å². The molecule has 4 heteroatoms. The van der Waals surface area contributed by atoms with Crippen molar-refractivity contribution in [3.8, 4) is 0 Å². The molecule has 0 aliphatic carbocycles. The second kappa shape index (κ2) is 7.14. The van der Waals surface area contributed by atoms with Crippen molar-refractivity contribution in [1.82, 2.24) is 5.32 Å². The van der Waals surface area contributed by atoms with Crippen LogP contribution in [0.3, 0.4) is 0 Å². The van der Waals surface area contributed by atoms with Gasteiger partial charge in [-0.15, -0.1) is 0 Å². The Morgan fingerprint density at radius 1 is 1.19 bits per heavy atom. The Bertz CT molecular complexity index is 628. The maximum atomic E-state index is 14.4. The Balaban J connectivity index is 2.53. The second-order valence-corrected chi connectivity index (χ2v) is 5.91. The van der Waals surface area contributed by atoms with Gasteiger partial charge < -0.3 is 5.32 Å². The summed E-state index contributed by atoms with van der Waals surface area (Å²) in [5.41, 5.74) is 1.98. The Kier molecular flexibility index (Phi) is 5.48. The van der Waals surface area contributed by atoms with Crippen LogP contribution in [0.2, 0.25) is 0 Å². The molecule has 2 aromatic carbocycles. The molecule has 0 aliphatic rings. The van der Waals surface area contributed by atoms with Crippen molar-refractivity contribution in [2.24, 2.45) is 0 Å². The van der Waals surface area contributed by atoms with E-state index in [1.54, 1.807) is 0 Å². The van der Waals surface area contributed by atoms with E-state index in [0.29, 0.717) is 6.54 Å². The van der Waals surface area contributed by atoms with Crippen LogP contribution in [0.25, 0.3) is 0 Å². The minimum Gasteiger partial charge on any atom is -0.306 e. The van der Waals surface area contributed by atoms with Gasteiger partial charge in [0.1, 0.15) is 11.6 Å². The highest BCUT2D eigenvalue weighted by Crippen LogP contribution is 2.31. The lowest BCUT2D eigenvalue weighted by atomic mass is 9.96. The molecule has 0 saturated heterocycles. The maximum Gasteiger partial charge on any atom is 0.145 e. The van der Waals surface area contributed by atoms with E-state index in [4.69, 9.17) is 0 Å². The van der Waals surface area contributed by atoms with E-state index in [-0.39, 0.29) is 10.0 Å². The molecule has 112 valence electrons. The summed E-state index contributed by atoms with van der Waals surface area (Å²) in [6.45, 7) is 4.67. The molecule has 0 radical (unpaired) electrons. The van der Waals surface area contributed by atoms with Crippen molar-refractivity contribution in [1.29, 1.82) is 0 Å². The lowest BCUT2D eigenvalue weighted by Gasteiger charge is -2.21. The molecule has 0 aliphatic heterocycles. The lowest BCUT2D eigenvalue weighted by molar-refractivity contribution is 0.500. The van der Waals surface area contributed by atoms with Gasteiger partial charge in [0.25, 0.3) is 0 Å². The van der Waals surface area contributed by atoms with Crippen LogP contribution < -0.4 is 5.32 Å². The number of hydrogen-bond donors (Lipinski definition) is 1. The summed E-state index contributed by atoms with van der Waals surface area (Å²) >= 11 is 3.13. The lowest BCUT2D eigenvalue weighted by Crippen LogP contribution is -2.25. The maximum absolute atomic E-state index is 14.4. The standard InChI is InChI=1S/C17H18BrF2N/c1-3-9-21-17(12-6-4-5-11(2)10-12)15-14(19)8-7-13(18)16(15)20/h4-8,10,17,21H,3,9H2,1-2H3. The largest absolute Gasteiger partial charge is 0.306 e. The van der Waals surface area contributed by atoms with E-state index in [9.17, 15) is 8.78 Å². The van der Waals surface area contributed by atoms with Gasteiger partial charge in [0.05, 0.1) is 10.5 Å². The molecular formula is C17H18BrF2N. The van der Waals surface area contributed by atoms with Gasteiger partial charge in [-0.25, -0.2) is 8.78 Å². The number of benzene rings is 2. The van der Waals surface area contributed by atoms with E-state index < -0.39 is 17.7 Å². The average Bonchev–Trinajstić information content (AvgIpc) is 2.46. The molecule has 0 saturated carbocycles. The number of halogens is 3. The molecule has 21 heavy (non-hydrogen) atoms. The van der Waals surface area contributed by atoms with Gasteiger partial charge in [-0.3, -0.25) is 0 Å². The van der Waals surface area contributed by atoms with Crippen molar-refractivity contribution in [2.45, 2.75) is 26.3 Å². The normalized spacial score (nSPS) is 12.4. The zero-order valence-electron chi connectivity index (χ0n) is 12.1. The zero-order chi connectivity index (χ0) is 15.4. The zero-order valence-corrected chi connectivity index (χ0v) is 13.7. The van der Waals surface area contributed by atoms with Crippen LogP contribution in [-0.4, -0.2) is 6.54 Å². The van der Waals surface area contributed by atoms with Crippen LogP contribution in [0.15, 0.2) is 40.9 Å². The molecule has 0 spiro atoms. The summed E-state index contributed by atoms with van der Waals surface area (Å²) in [4.78, 5) is 0. The third-order valence-corrected chi connectivity index (χ3v) is 3.95. The van der Waals surface area contributed by atoms with E-state index in [2.05, 4.69) is 21.2 Å². The summed E-state index contributed by atoms with van der Waals surface area (Å²) in [6.07, 6.45) is 0.888. The van der Waals surface area contributed by atoms with E-state index >= 15 is 0 Å². The molecule has 1 N–H and O–H groups in total. The number of rotatable bonds is 5. The average molecular weight is 354 g/mol. The first-order valence-corrected chi connectivity index (χ1v) is 7.77. The van der Waals surface area contributed by atoms with Crippen molar-refractivity contribution < 1.29 is 8.78 Å². The third kappa shape index (κ3) is 3.69. The molecule has 0 aromatic heterocycles. The smallest absolute Gasteiger partial charge is 0.145 e. The van der Waals surface area contributed by atoms with Crippen LogP contribution in [0.4, 0.5) is 8.78 Å². The van der Waals surface area contributed by atoms with Gasteiger partial charge in [-0.2, -0.15) is 0 Å². The van der Waals surface area contributed by atoms with Gasteiger partial charge in [-0.05, 0) is 53.5 Å². The molecule has 1 unspecified atom stereocenters. The van der Waals surface area contributed by atoms with Gasteiger partial charge in [-0.1, -0.05) is 36.8 Å². The predicted octanol–water partition coefficient (Wildman–Crippen LogP) is 5.12. The van der Waals surface area contributed by atoms with Crippen LogP contribution >= 0.6 is 15.9 Å². The molecule has 0 fully saturated rings. The summed E-state index contributed by atoms with van der Waals surface area (Å²) in [7, 11) is 0. The molecular weight excluding hydrogens is 336 g/mol. The van der Waals surface area contributed by atoms with E-state index in [0.717, 1.165) is 17.5 Å². The number of hydrogen-bond acceptors (Lipinski definition) is 1. The van der Waals surface area contributed by atoms with Crippen molar-refractivity contribution in [2.75, 3.05) is 6.54 Å². The Morgan fingerprint density at radius 2 is 1.95 bits per heavy atom. The highest BCUT2D eigenvalue weighted by atomic mass is 79.9. The van der Waals surface area contributed by atoms with Crippen molar-refractivity contribution >= 4 is 15.9 Å². The van der Waals surface area contributed by atoms with Crippen LogP contribution in [-0.2, 0) is 0 Å². The fraction of sp³-hybridized carbons (Fsp3) is 0.294. The van der Waals surface area contributed by atoms with Crippen molar-refractivity contribution in [3.05, 3.63) is 69.2 Å². The highest BCUT2D eigenvalue weighted by Gasteiger charge is 2.23. The summed E-state index contributed by atoms with van der Waals surface area (Å²) in [5, 5.41) is 3.24. The molecule has 0 bridgehead atoms. The molecule has 2 rings (SSSR count). The first-order chi connectivity index (χ1) is 10.0. The quantitative estimate of drug-likeness (QED) is 0.735. The summed E-state index contributed by atoms with van der Waals surface area (Å²) in [5.74, 6) is -1.09. The van der Waals surface area contributed by atoms with Crippen LogP contribution in [0, 0.1) is 18.6 Å². The van der Waals surface area contributed by atoms with Crippen LogP contribution in [0.5, 0.6) is 0 Å². The fourth-order valence-electron chi connectivity index (χ4n) is 2.33. The van der Waals surface area contributed by atoms with Gasteiger partial charge >= 0.3 is 0 Å². The Hall–Kier alpha value is -1.26. The molecule has 0 heterocycles.